The van der Waals surface area contributed by atoms with E-state index in [0.29, 0.717) is 12.4 Å². The molecule has 2 aromatic rings. The summed E-state index contributed by atoms with van der Waals surface area (Å²) in [6.45, 7) is 2.51. The quantitative estimate of drug-likeness (QED) is 0.854. The topological polar surface area (TPSA) is 48.1 Å². The second-order valence-corrected chi connectivity index (χ2v) is 3.57. The fourth-order valence-corrected chi connectivity index (χ4v) is 1.44. The number of aryl methyl sites for hydroxylation is 1. The molecule has 0 atom stereocenters. The number of rotatable bonds is 3. The minimum absolute atomic E-state index is 0.504. The number of para-hydroxylation sites is 1. The molecule has 1 heterocycles. The monoisotopic (exact) mass is 214 g/mol. The number of aromatic nitrogens is 1. The van der Waals surface area contributed by atoms with Gasteiger partial charge in [-0.1, -0.05) is 18.2 Å². The minimum atomic E-state index is 0.504. The number of hydrogen-bond donors (Lipinski definition) is 1. The van der Waals surface area contributed by atoms with Crippen LogP contribution in [0.15, 0.2) is 42.6 Å². The highest BCUT2D eigenvalue weighted by Crippen LogP contribution is 2.20. The van der Waals surface area contributed by atoms with Crippen LogP contribution in [-0.4, -0.2) is 4.98 Å². The van der Waals surface area contributed by atoms with E-state index in [4.69, 9.17) is 10.5 Å². The third-order valence-electron chi connectivity index (χ3n) is 2.38. The van der Waals surface area contributed by atoms with Crippen molar-refractivity contribution in [3.8, 4) is 11.6 Å². The molecule has 0 amide bonds. The third kappa shape index (κ3) is 2.38. The Morgan fingerprint density at radius 2 is 2.00 bits per heavy atom. The molecule has 0 aliphatic rings. The van der Waals surface area contributed by atoms with E-state index in [2.05, 4.69) is 4.98 Å². The van der Waals surface area contributed by atoms with Gasteiger partial charge in [0.2, 0.25) is 5.88 Å². The van der Waals surface area contributed by atoms with Gasteiger partial charge in [0.1, 0.15) is 5.75 Å². The second-order valence-electron chi connectivity index (χ2n) is 3.57. The Bertz CT molecular complexity index is 469. The maximum atomic E-state index is 5.61. The summed E-state index contributed by atoms with van der Waals surface area (Å²) in [7, 11) is 0. The van der Waals surface area contributed by atoms with Crippen LogP contribution in [0.1, 0.15) is 11.1 Å². The van der Waals surface area contributed by atoms with E-state index >= 15 is 0 Å². The molecule has 0 saturated carbocycles. The fraction of sp³-hybridized carbons (Fsp3) is 0.154. The van der Waals surface area contributed by atoms with E-state index in [0.717, 1.165) is 16.9 Å². The fourth-order valence-electron chi connectivity index (χ4n) is 1.44. The first-order chi connectivity index (χ1) is 7.79. The highest BCUT2D eigenvalue weighted by molar-refractivity contribution is 5.31. The number of benzene rings is 1. The molecule has 3 nitrogen and oxygen atoms in total. The normalized spacial score (nSPS) is 10.1. The number of pyridine rings is 1. The van der Waals surface area contributed by atoms with Crippen LogP contribution in [0.25, 0.3) is 0 Å². The largest absolute Gasteiger partial charge is 0.439 e. The molecule has 82 valence electrons. The molecule has 0 aliphatic carbocycles. The second kappa shape index (κ2) is 4.77. The van der Waals surface area contributed by atoms with Gasteiger partial charge in [0, 0.05) is 18.8 Å². The van der Waals surface area contributed by atoms with E-state index in [1.54, 1.807) is 6.20 Å². The highest BCUT2D eigenvalue weighted by atomic mass is 16.5. The Balaban J connectivity index is 2.20. The number of nitrogens with two attached hydrogens (primary N) is 1. The number of ether oxygens (including phenoxy) is 1. The summed E-state index contributed by atoms with van der Waals surface area (Å²) >= 11 is 0. The molecule has 2 rings (SSSR count). The molecule has 0 unspecified atom stereocenters. The highest BCUT2D eigenvalue weighted by Gasteiger charge is 2.01. The average molecular weight is 214 g/mol. The van der Waals surface area contributed by atoms with Crippen molar-refractivity contribution >= 4 is 0 Å². The number of nitrogens with zero attached hydrogens (tertiary/aromatic N) is 1. The molecule has 1 aromatic carbocycles. The maximum Gasteiger partial charge on any atom is 0.219 e. The Labute approximate surface area is 94.9 Å². The van der Waals surface area contributed by atoms with Gasteiger partial charge in [-0.25, -0.2) is 4.98 Å². The van der Waals surface area contributed by atoms with Gasteiger partial charge in [-0.2, -0.15) is 0 Å². The van der Waals surface area contributed by atoms with Crippen LogP contribution in [0, 0.1) is 6.92 Å². The van der Waals surface area contributed by atoms with Crippen molar-refractivity contribution in [2.45, 2.75) is 13.5 Å². The van der Waals surface area contributed by atoms with Gasteiger partial charge in [0.25, 0.3) is 0 Å². The molecule has 3 heteroatoms. The van der Waals surface area contributed by atoms with E-state index in [1.807, 2.05) is 43.3 Å². The lowest BCUT2D eigenvalue weighted by Gasteiger charge is -2.07. The molecule has 0 saturated heterocycles. The molecule has 0 bridgehead atoms. The van der Waals surface area contributed by atoms with Crippen LogP contribution in [0.3, 0.4) is 0 Å². The summed E-state index contributed by atoms with van der Waals surface area (Å²) in [4.78, 5) is 4.20. The third-order valence-corrected chi connectivity index (χ3v) is 2.38. The summed E-state index contributed by atoms with van der Waals surface area (Å²) in [5, 5.41) is 0. The maximum absolute atomic E-state index is 5.61. The van der Waals surface area contributed by atoms with Gasteiger partial charge in [0.05, 0.1) is 0 Å². The van der Waals surface area contributed by atoms with Gasteiger partial charge in [-0.3, -0.25) is 0 Å². The van der Waals surface area contributed by atoms with Crippen molar-refractivity contribution in [2.75, 3.05) is 0 Å². The zero-order chi connectivity index (χ0) is 11.4. The molecule has 1 aromatic heterocycles. The molecule has 0 fully saturated rings. The first kappa shape index (κ1) is 10.6. The molecule has 2 N–H and O–H groups in total. The van der Waals surface area contributed by atoms with Gasteiger partial charge in [-0.05, 0) is 30.2 Å². The molecular weight excluding hydrogens is 200 g/mol. The SMILES string of the molecule is Cc1cc(Oc2ccccc2)ncc1CN. The minimum Gasteiger partial charge on any atom is -0.439 e. The summed E-state index contributed by atoms with van der Waals surface area (Å²) in [5.41, 5.74) is 7.71. The van der Waals surface area contributed by atoms with Crippen molar-refractivity contribution in [1.82, 2.24) is 4.98 Å². The van der Waals surface area contributed by atoms with Crippen molar-refractivity contribution in [3.63, 3.8) is 0 Å². The lowest BCUT2D eigenvalue weighted by atomic mass is 10.2. The van der Waals surface area contributed by atoms with Gasteiger partial charge in [0.15, 0.2) is 0 Å². The molecular formula is C13H14N2O. The van der Waals surface area contributed by atoms with Crippen LogP contribution < -0.4 is 10.5 Å². The first-order valence-corrected chi connectivity index (χ1v) is 5.18. The van der Waals surface area contributed by atoms with Crippen LogP contribution in [0.4, 0.5) is 0 Å². The van der Waals surface area contributed by atoms with Gasteiger partial charge < -0.3 is 10.5 Å². The van der Waals surface area contributed by atoms with E-state index in [1.165, 1.54) is 0 Å². The Kier molecular flexibility index (Phi) is 3.17. The van der Waals surface area contributed by atoms with Gasteiger partial charge >= 0.3 is 0 Å². The summed E-state index contributed by atoms with van der Waals surface area (Å²) in [5.74, 6) is 1.38. The van der Waals surface area contributed by atoms with Crippen LogP contribution >= 0.6 is 0 Å². The predicted octanol–water partition coefficient (Wildman–Crippen LogP) is 2.64. The summed E-state index contributed by atoms with van der Waals surface area (Å²) < 4.78 is 5.61. The van der Waals surface area contributed by atoms with E-state index < -0.39 is 0 Å². The Morgan fingerprint density at radius 3 is 2.62 bits per heavy atom. The molecule has 16 heavy (non-hydrogen) atoms. The smallest absolute Gasteiger partial charge is 0.219 e. The lowest BCUT2D eigenvalue weighted by Crippen LogP contribution is -2.00. The first-order valence-electron chi connectivity index (χ1n) is 5.18. The molecule has 0 spiro atoms. The van der Waals surface area contributed by atoms with Crippen molar-refractivity contribution in [2.24, 2.45) is 5.73 Å². The Hall–Kier alpha value is -1.87. The van der Waals surface area contributed by atoms with Crippen molar-refractivity contribution in [1.29, 1.82) is 0 Å². The molecule has 0 radical (unpaired) electrons. The van der Waals surface area contributed by atoms with E-state index in [9.17, 15) is 0 Å². The zero-order valence-electron chi connectivity index (χ0n) is 9.18. The van der Waals surface area contributed by atoms with Crippen LogP contribution in [-0.2, 0) is 6.54 Å². The summed E-state index contributed by atoms with van der Waals surface area (Å²) in [6.07, 6.45) is 1.76. The zero-order valence-corrected chi connectivity index (χ0v) is 9.18. The van der Waals surface area contributed by atoms with E-state index in [-0.39, 0.29) is 0 Å². The molecule has 0 aliphatic heterocycles. The lowest BCUT2D eigenvalue weighted by molar-refractivity contribution is 0.462. The van der Waals surface area contributed by atoms with Crippen LogP contribution in [0.2, 0.25) is 0 Å². The van der Waals surface area contributed by atoms with Crippen LogP contribution in [0.5, 0.6) is 11.6 Å². The van der Waals surface area contributed by atoms with Crippen molar-refractivity contribution < 1.29 is 4.74 Å². The Morgan fingerprint density at radius 1 is 1.25 bits per heavy atom. The predicted molar refractivity (Wildman–Crippen MR) is 63.4 cm³/mol. The average Bonchev–Trinajstić information content (AvgIpc) is 2.31. The van der Waals surface area contributed by atoms with Crippen molar-refractivity contribution in [3.05, 3.63) is 53.7 Å². The van der Waals surface area contributed by atoms with Gasteiger partial charge in [-0.15, -0.1) is 0 Å². The summed E-state index contributed by atoms with van der Waals surface area (Å²) in [6, 6.07) is 11.5. The standard InChI is InChI=1S/C13H14N2O/c1-10-7-13(15-9-11(10)8-14)16-12-5-3-2-4-6-12/h2-7,9H,8,14H2,1H3. The number of hydrogen-bond acceptors (Lipinski definition) is 3.